The summed E-state index contributed by atoms with van der Waals surface area (Å²) in [7, 11) is 2.03. The molecule has 1 aromatic carbocycles. The minimum Gasteiger partial charge on any atom is -0.508 e. The van der Waals surface area contributed by atoms with Crippen LogP contribution in [0.4, 0.5) is 0 Å². The highest BCUT2D eigenvalue weighted by Gasteiger charge is 2.43. The molecule has 23 nitrogen and oxygen atoms in total. The molecule has 0 aromatic heterocycles. The third-order valence-corrected chi connectivity index (χ3v) is 13.9. The topological polar surface area (TPSA) is 385 Å². The molecular weight excluding hydrogens is 925 g/mol. The van der Waals surface area contributed by atoms with Gasteiger partial charge in [0.15, 0.2) is 0 Å². The van der Waals surface area contributed by atoms with Crippen molar-refractivity contribution in [3.63, 3.8) is 0 Å². The summed E-state index contributed by atoms with van der Waals surface area (Å²) in [5, 5.41) is 32.3. The van der Waals surface area contributed by atoms with Crippen molar-refractivity contribution >= 4 is 80.7 Å². The number of nitrogens with zero attached hydrogens (tertiary/aromatic N) is 3. The first kappa shape index (κ1) is 56.2. The lowest BCUT2D eigenvalue weighted by Crippen LogP contribution is -2.61. The molecule has 10 amide bonds. The number of phenols is 1. The van der Waals surface area contributed by atoms with Crippen LogP contribution in [0.25, 0.3) is 0 Å². The van der Waals surface area contributed by atoms with Gasteiger partial charge in [-0.05, 0) is 55.2 Å². The number of carbonyl (C=O) groups is 10. The Kier molecular flexibility index (Phi) is 22.3. The van der Waals surface area contributed by atoms with Crippen LogP contribution in [-0.4, -0.2) is 147 Å². The molecule has 3 rings (SSSR count). The average Bonchev–Trinajstić information content (AvgIpc) is 3.77. The number of phenolic OH excluding ortho intramolecular Hbond substituents is 1. The number of benzene rings is 1. The number of nitriles is 1. The van der Waals surface area contributed by atoms with E-state index in [1.807, 2.05) is 6.07 Å². The molecular formula is C43H64N12O11S2. The van der Waals surface area contributed by atoms with Gasteiger partial charge in [-0.15, -0.1) is 0 Å². The Morgan fingerprint density at radius 2 is 1.44 bits per heavy atom. The summed E-state index contributed by atoms with van der Waals surface area (Å²) in [6, 6.07) is -3.33. The van der Waals surface area contributed by atoms with Crippen LogP contribution in [0.3, 0.4) is 0 Å². The zero-order valence-electron chi connectivity index (χ0n) is 38.6. The smallest absolute Gasteiger partial charge is 0.246 e. The summed E-state index contributed by atoms with van der Waals surface area (Å²) in [6.45, 7) is 6.52. The number of nitrogens with one attached hydrogen (secondary N) is 5. The van der Waals surface area contributed by atoms with Gasteiger partial charge in [0.2, 0.25) is 59.1 Å². The predicted octanol–water partition coefficient (Wildman–Crippen LogP) is -2.49. The molecule has 0 unspecified atom stereocenters. The van der Waals surface area contributed by atoms with E-state index in [0.29, 0.717) is 18.4 Å². The van der Waals surface area contributed by atoms with Gasteiger partial charge in [0.05, 0.1) is 18.5 Å². The number of rotatable bonds is 16. The lowest BCUT2D eigenvalue weighted by molar-refractivity contribution is -0.148. The van der Waals surface area contributed by atoms with Crippen LogP contribution in [0.5, 0.6) is 5.75 Å². The summed E-state index contributed by atoms with van der Waals surface area (Å²) in [6.07, 6.45) is -0.803. The molecule has 14 N–H and O–H groups in total. The van der Waals surface area contributed by atoms with Gasteiger partial charge in [-0.3, -0.25) is 47.9 Å². The van der Waals surface area contributed by atoms with Crippen molar-refractivity contribution in [3.8, 4) is 11.8 Å². The molecule has 2 aliphatic heterocycles. The van der Waals surface area contributed by atoms with Crippen molar-refractivity contribution in [3.05, 3.63) is 29.8 Å². The largest absolute Gasteiger partial charge is 0.508 e. The van der Waals surface area contributed by atoms with Crippen molar-refractivity contribution in [2.45, 2.75) is 127 Å². The number of hydrogen-bond donors (Lipinski definition) is 10. The monoisotopic (exact) mass is 988 g/mol. The maximum absolute atomic E-state index is 14.6. The Morgan fingerprint density at radius 1 is 0.838 bits per heavy atom. The molecule has 68 heavy (non-hydrogen) atoms. The molecule has 0 radical (unpaired) electrons. The lowest BCUT2D eigenvalue weighted by atomic mass is 9.96. The van der Waals surface area contributed by atoms with E-state index in [-0.39, 0.29) is 49.0 Å². The molecule has 374 valence electrons. The second-order valence-electron chi connectivity index (χ2n) is 17.2. The Balaban J connectivity index is 2.10. The van der Waals surface area contributed by atoms with E-state index >= 15 is 0 Å². The number of amides is 10. The van der Waals surface area contributed by atoms with Crippen molar-refractivity contribution in [1.29, 1.82) is 5.26 Å². The molecule has 0 aliphatic carbocycles. The van der Waals surface area contributed by atoms with Crippen LogP contribution < -0.4 is 49.5 Å². The predicted molar refractivity (Wildman–Crippen MR) is 251 cm³/mol. The van der Waals surface area contributed by atoms with Crippen molar-refractivity contribution < 1.29 is 53.1 Å². The van der Waals surface area contributed by atoms with Crippen LogP contribution in [0.15, 0.2) is 24.3 Å². The van der Waals surface area contributed by atoms with E-state index in [1.54, 1.807) is 27.7 Å². The molecule has 2 saturated heterocycles. The van der Waals surface area contributed by atoms with Crippen LogP contribution >= 0.6 is 21.6 Å². The molecule has 1 aromatic rings. The molecule has 25 heteroatoms. The maximum Gasteiger partial charge on any atom is 0.246 e. The minimum absolute atomic E-state index is 0.0233. The second kappa shape index (κ2) is 27.0. The summed E-state index contributed by atoms with van der Waals surface area (Å²) < 4.78 is 0. The van der Waals surface area contributed by atoms with E-state index < -0.39 is 139 Å². The summed E-state index contributed by atoms with van der Waals surface area (Å²) in [5.41, 5.74) is 23.4. The number of aromatic hydroxyl groups is 1. The van der Waals surface area contributed by atoms with Gasteiger partial charge in [-0.2, -0.15) is 5.26 Å². The number of primary amides is 3. The van der Waals surface area contributed by atoms with E-state index in [1.165, 1.54) is 29.2 Å². The van der Waals surface area contributed by atoms with Crippen LogP contribution in [0, 0.1) is 23.2 Å². The Bertz CT molecular complexity index is 2060. The molecule has 0 spiro atoms. The summed E-state index contributed by atoms with van der Waals surface area (Å²) in [4.78, 5) is 138. The van der Waals surface area contributed by atoms with Crippen molar-refractivity contribution in [2.24, 2.45) is 34.8 Å². The number of nitrogens with two attached hydrogens (primary N) is 4. The van der Waals surface area contributed by atoms with Gasteiger partial charge in [0.25, 0.3) is 0 Å². The number of likely N-dealkylation sites (tertiary alicyclic amines) is 1. The normalized spacial score (nSPS) is 24.5. The Labute approximate surface area is 402 Å². The first-order valence-corrected chi connectivity index (χ1v) is 24.7. The van der Waals surface area contributed by atoms with Crippen molar-refractivity contribution in [1.82, 2.24) is 36.4 Å². The van der Waals surface area contributed by atoms with Crippen LogP contribution in [-0.2, 0) is 54.4 Å². The van der Waals surface area contributed by atoms with Gasteiger partial charge >= 0.3 is 0 Å². The summed E-state index contributed by atoms with van der Waals surface area (Å²) >= 11 is 0. The number of carbonyl (C=O) groups excluding carboxylic acids is 10. The number of hydrogen-bond acceptors (Lipinski definition) is 15. The van der Waals surface area contributed by atoms with Crippen LogP contribution in [0.2, 0.25) is 0 Å². The second-order valence-corrected chi connectivity index (χ2v) is 19.8. The molecule has 9 atom stereocenters. The van der Waals surface area contributed by atoms with Gasteiger partial charge < -0.3 is 64.4 Å². The fourth-order valence-electron chi connectivity index (χ4n) is 7.51. The zero-order valence-corrected chi connectivity index (χ0v) is 40.2. The first-order valence-electron chi connectivity index (χ1n) is 22.2. The highest BCUT2D eigenvalue weighted by Crippen LogP contribution is 2.27. The van der Waals surface area contributed by atoms with Gasteiger partial charge in [-0.1, -0.05) is 67.8 Å². The fourth-order valence-corrected chi connectivity index (χ4v) is 9.79. The van der Waals surface area contributed by atoms with E-state index in [2.05, 4.69) is 26.6 Å². The fraction of sp³-hybridized carbons (Fsp3) is 0.605. The van der Waals surface area contributed by atoms with Gasteiger partial charge in [-0.25, -0.2) is 0 Å². The van der Waals surface area contributed by atoms with Crippen molar-refractivity contribution in [2.75, 3.05) is 24.6 Å². The zero-order chi connectivity index (χ0) is 50.8. The standard InChI is InChI=1S/C43H64N12O11S2/c1-5-23(4)35-41(64)49-27(12-13-33(46)57)38(61)51-29(19-34(47)58)39(62)52-30(42(65)54-15-6-7-31(54)43(66)55(16-14-44)32(36(48)59)17-22(2)3)21-68-67-20-26(45)37(60)50-28(40(63)53-35)18-24-8-10-25(56)11-9-24/h8-11,22-23,26-32,35,56H,5-7,12-13,15-21,45H2,1-4H3,(H2,46,57)(H2,47,58)(H2,48,59)(H,49,64)(H,50,60)(H,51,61)(H,52,62)(H,53,63)/t23-,26-,27-,28-,29-,30-,31-,32-,35-/m0/s1. The SMILES string of the molecule is CC[C@H](C)[C@@H]1NC(=O)[C@H](Cc2ccc(O)cc2)NC(=O)[C@@H](N)CSSC[C@@H](C(=O)N2CCC[C@H]2C(=O)N(CC#N)[C@@H](CC(C)C)C(N)=O)NC(=O)[C@H](CC(N)=O)NC(=O)[C@H](CCC(N)=O)NC1=O. The Morgan fingerprint density at radius 3 is 2.03 bits per heavy atom. The van der Waals surface area contributed by atoms with Crippen LogP contribution in [0.1, 0.15) is 78.2 Å². The Hall–Kier alpha value is -6.13. The minimum atomic E-state index is -1.76. The van der Waals surface area contributed by atoms with E-state index in [4.69, 9.17) is 22.9 Å². The highest BCUT2D eigenvalue weighted by molar-refractivity contribution is 8.76. The average molecular weight is 989 g/mol. The molecule has 0 bridgehead atoms. The third-order valence-electron chi connectivity index (χ3n) is 11.4. The quantitative estimate of drug-likeness (QED) is 0.0605. The highest BCUT2D eigenvalue weighted by atomic mass is 33.1. The molecule has 2 heterocycles. The molecule has 2 fully saturated rings. The first-order chi connectivity index (χ1) is 32.1. The van der Waals surface area contributed by atoms with E-state index in [9.17, 15) is 58.3 Å². The molecule has 0 saturated carbocycles. The maximum atomic E-state index is 14.6. The van der Waals surface area contributed by atoms with Gasteiger partial charge in [0.1, 0.15) is 54.6 Å². The third kappa shape index (κ3) is 16.9. The lowest BCUT2D eigenvalue weighted by Gasteiger charge is -2.35. The summed E-state index contributed by atoms with van der Waals surface area (Å²) in [5.74, 6) is -9.88. The van der Waals surface area contributed by atoms with Gasteiger partial charge in [0, 0.05) is 30.9 Å². The van der Waals surface area contributed by atoms with E-state index in [0.717, 1.165) is 26.5 Å². The molecule has 2 aliphatic rings.